The third-order valence-electron chi connectivity index (χ3n) is 9.92. The number of ether oxygens (including phenoxy) is 3. The number of epoxide rings is 1. The van der Waals surface area contributed by atoms with E-state index >= 15 is 0 Å². The minimum atomic E-state index is -0.969. The second-order valence-corrected chi connectivity index (χ2v) is 14.9. The van der Waals surface area contributed by atoms with Crippen LogP contribution in [-0.2, 0) is 23.8 Å². The number of rotatable bonds is 38. The number of esters is 2. The first kappa shape index (κ1) is 45.6. The van der Waals surface area contributed by atoms with Gasteiger partial charge in [0.15, 0.2) is 0 Å². The van der Waals surface area contributed by atoms with E-state index in [4.69, 9.17) is 14.2 Å². The standard InChI is InChI=1S/C43H80O6/c1-3-5-7-9-11-12-13-14-15-16-17-18-19-20-21-22-23-27-31-35-42(45)47-37-39(44)38-48-43(46)36-32-28-24-26-30-34-41-40(49-41)33-29-25-10-8-6-4-2/h25,29,39-41,44H,3-24,26-28,30-38H2,1-2H3/b29-25-/t39-,40?,41?/m1/s1. The lowest BCUT2D eigenvalue weighted by Gasteiger charge is -2.12. The molecule has 1 aliphatic heterocycles. The van der Waals surface area contributed by atoms with Crippen LogP contribution in [-0.4, -0.2) is 48.6 Å². The number of unbranched alkanes of at least 4 members (excludes halogenated alkanes) is 25. The second kappa shape index (κ2) is 35.0. The maximum Gasteiger partial charge on any atom is 0.305 e. The summed E-state index contributed by atoms with van der Waals surface area (Å²) in [4.78, 5) is 24.0. The zero-order valence-corrected chi connectivity index (χ0v) is 32.4. The average molecular weight is 693 g/mol. The maximum absolute atomic E-state index is 12.0. The molecule has 0 saturated carbocycles. The predicted octanol–water partition coefficient (Wildman–Crippen LogP) is 12.3. The molecular formula is C43H80O6. The van der Waals surface area contributed by atoms with E-state index < -0.39 is 6.10 Å². The third-order valence-corrected chi connectivity index (χ3v) is 9.92. The summed E-state index contributed by atoms with van der Waals surface area (Å²) in [6, 6.07) is 0. The van der Waals surface area contributed by atoms with Crippen molar-refractivity contribution in [1.82, 2.24) is 0 Å². The van der Waals surface area contributed by atoms with Crippen LogP contribution in [0.1, 0.15) is 219 Å². The predicted molar refractivity (Wildman–Crippen MR) is 205 cm³/mol. The van der Waals surface area contributed by atoms with Crippen LogP contribution in [0, 0.1) is 0 Å². The fourth-order valence-corrected chi connectivity index (χ4v) is 6.56. The van der Waals surface area contributed by atoms with Crippen molar-refractivity contribution in [2.75, 3.05) is 13.2 Å². The molecule has 1 heterocycles. The topological polar surface area (TPSA) is 85.4 Å². The molecule has 0 spiro atoms. The quantitative estimate of drug-likeness (QED) is 0.0300. The number of carbonyl (C=O) groups excluding carboxylic acids is 2. The monoisotopic (exact) mass is 693 g/mol. The van der Waals surface area contributed by atoms with Crippen molar-refractivity contribution in [2.24, 2.45) is 0 Å². The van der Waals surface area contributed by atoms with E-state index in [1.807, 2.05) is 0 Å². The van der Waals surface area contributed by atoms with Gasteiger partial charge in [-0.2, -0.15) is 0 Å². The molecule has 49 heavy (non-hydrogen) atoms. The molecule has 0 aromatic carbocycles. The molecule has 1 N–H and O–H groups in total. The molecule has 0 aromatic rings. The van der Waals surface area contributed by atoms with Gasteiger partial charge in [0.2, 0.25) is 0 Å². The van der Waals surface area contributed by atoms with Gasteiger partial charge in [0.05, 0.1) is 12.2 Å². The molecule has 1 rings (SSSR count). The molecule has 3 atom stereocenters. The van der Waals surface area contributed by atoms with Crippen LogP contribution >= 0.6 is 0 Å². The molecule has 6 nitrogen and oxygen atoms in total. The van der Waals surface area contributed by atoms with Gasteiger partial charge in [0.25, 0.3) is 0 Å². The maximum atomic E-state index is 12.0. The van der Waals surface area contributed by atoms with Gasteiger partial charge in [-0.3, -0.25) is 9.59 Å². The Kier molecular flexibility index (Phi) is 32.6. The first-order valence-corrected chi connectivity index (χ1v) is 21.4. The lowest BCUT2D eigenvalue weighted by Crippen LogP contribution is -2.25. The fraction of sp³-hybridized carbons (Fsp3) is 0.907. The Morgan fingerprint density at radius 1 is 0.531 bits per heavy atom. The lowest BCUT2D eigenvalue weighted by molar-refractivity contribution is -0.152. The highest BCUT2D eigenvalue weighted by Crippen LogP contribution is 2.30. The first-order chi connectivity index (χ1) is 24.1. The Hall–Kier alpha value is -1.40. The van der Waals surface area contributed by atoms with Gasteiger partial charge in [-0.05, 0) is 38.5 Å². The number of allylic oxidation sites excluding steroid dienone is 1. The molecule has 0 amide bonds. The van der Waals surface area contributed by atoms with Gasteiger partial charge >= 0.3 is 11.9 Å². The highest BCUT2D eigenvalue weighted by atomic mass is 16.6. The van der Waals surface area contributed by atoms with Crippen molar-refractivity contribution in [1.29, 1.82) is 0 Å². The highest BCUT2D eigenvalue weighted by molar-refractivity contribution is 5.69. The zero-order valence-electron chi connectivity index (χ0n) is 32.4. The molecule has 1 saturated heterocycles. The van der Waals surface area contributed by atoms with Crippen molar-refractivity contribution >= 4 is 11.9 Å². The average Bonchev–Trinajstić information content (AvgIpc) is 3.86. The van der Waals surface area contributed by atoms with Gasteiger partial charge in [-0.1, -0.05) is 180 Å². The van der Waals surface area contributed by atoms with Crippen LogP contribution in [0.5, 0.6) is 0 Å². The van der Waals surface area contributed by atoms with Gasteiger partial charge < -0.3 is 19.3 Å². The molecular weight excluding hydrogens is 612 g/mol. The normalized spacial score (nSPS) is 16.3. The van der Waals surface area contributed by atoms with Crippen LogP contribution in [0.4, 0.5) is 0 Å². The molecule has 0 bridgehead atoms. The summed E-state index contributed by atoms with van der Waals surface area (Å²) in [6.45, 7) is 4.28. The highest BCUT2D eigenvalue weighted by Gasteiger charge is 2.36. The Morgan fingerprint density at radius 2 is 0.918 bits per heavy atom. The smallest absolute Gasteiger partial charge is 0.305 e. The Labute approximate surface area is 303 Å². The number of aliphatic hydroxyl groups is 1. The molecule has 0 aliphatic carbocycles. The largest absolute Gasteiger partial charge is 0.463 e. The summed E-state index contributed by atoms with van der Waals surface area (Å²) in [5.74, 6) is -0.577. The van der Waals surface area contributed by atoms with E-state index in [0.29, 0.717) is 25.0 Å². The van der Waals surface area contributed by atoms with Crippen LogP contribution in [0.15, 0.2) is 12.2 Å². The summed E-state index contributed by atoms with van der Waals surface area (Å²) >= 11 is 0. The van der Waals surface area contributed by atoms with E-state index in [1.165, 1.54) is 135 Å². The van der Waals surface area contributed by atoms with Crippen molar-refractivity contribution in [2.45, 2.75) is 238 Å². The molecule has 0 aromatic heterocycles. The van der Waals surface area contributed by atoms with Crippen molar-refractivity contribution in [3.63, 3.8) is 0 Å². The van der Waals surface area contributed by atoms with Crippen LogP contribution in [0.25, 0.3) is 0 Å². The number of hydrogen-bond donors (Lipinski definition) is 1. The minimum Gasteiger partial charge on any atom is -0.463 e. The molecule has 2 unspecified atom stereocenters. The first-order valence-electron chi connectivity index (χ1n) is 21.4. The SMILES string of the molecule is CCCCC/C=C\CC1OC1CCCCCCCC(=O)OC[C@H](O)COC(=O)CCCCCCCCCCCCCCCCCCCCC. The zero-order chi connectivity index (χ0) is 35.5. The molecule has 288 valence electrons. The van der Waals surface area contributed by atoms with Gasteiger partial charge in [-0.15, -0.1) is 0 Å². The lowest BCUT2D eigenvalue weighted by atomic mass is 10.0. The van der Waals surface area contributed by atoms with Gasteiger partial charge in [0.1, 0.15) is 19.3 Å². The molecule has 1 fully saturated rings. The van der Waals surface area contributed by atoms with Crippen LogP contribution in [0.2, 0.25) is 0 Å². The summed E-state index contributed by atoms with van der Waals surface area (Å²) in [5.41, 5.74) is 0. The van der Waals surface area contributed by atoms with Gasteiger partial charge in [-0.25, -0.2) is 0 Å². The second-order valence-electron chi connectivity index (χ2n) is 14.9. The van der Waals surface area contributed by atoms with E-state index in [0.717, 1.165) is 57.8 Å². The van der Waals surface area contributed by atoms with E-state index in [2.05, 4.69) is 26.0 Å². The molecule has 6 heteroatoms. The number of carbonyl (C=O) groups is 2. The summed E-state index contributed by atoms with van der Waals surface area (Å²) in [5, 5.41) is 10.0. The number of hydrogen-bond acceptors (Lipinski definition) is 6. The van der Waals surface area contributed by atoms with Crippen molar-refractivity contribution in [3.8, 4) is 0 Å². The minimum absolute atomic E-state index is 0.119. The van der Waals surface area contributed by atoms with Gasteiger partial charge in [0, 0.05) is 12.8 Å². The third kappa shape index (κ3) is 32.3. The summed E-state index contributed by atoms with van der Waals surface area (Å²) in [6.07, 6.45) is 42.9. The van der Waals surface area contributed by atoms with Crippen molar-refractivity contribution in [3.05, 3.63) is 12.2 Å². The van der Waals surface area contributed by atoms with Crippen LogP contribution in [0.3, 0.4) is 0 Å². The van der Waals surface area contributed by atoms with E-state index in [-0.39, 0.29) is 25.2 Å². The Bertz CT molecular complexity index is 767. The van der Waals surface area contributed by atoms with E-state index in [1.54, 1.807) is 0 Å². The van der Waals surface area contributed by atoms with Crippen LogP contribution < -0.4 is 0 Å². The number of aliphatic hydroxyl groups excluding tert-OH is 1. The molecule has 0 radical (unpaired) electrons. The fourth-order valence-electron chi connectivity index (χ4n) is 6.56. The van der Waals surface area contributed by atoms with Crippen molar-refractivity contribution < 1.29 is 28.9 Å². The summed E-state index contributed by atoms with van der Waals surface area (Å²) in [7, 11) is 0. The molecule has 1 aliphatic rings. The Morgan fingerprint density at radius 3 is 1.37 bits per heavy atom. The summed E-state index contributed by atoms with van der Waals surface area (Å²) < 4.78 is 16.1. The Balaban J connectivity index is 1.79. The van der Waals surface area contributed by atoms with E-state index in [9.17, 15) is 14.7 Å².